The summed E-state index contributed by atoms with van der Waals surface area (Å²) in [6, 6.07) is -0.443. The van der Waals surface area contributed by atoms with Gasteiger partial charge in [0, 0.05) is 23.5 Å². The van der Waals surface area contributed by atoms with E-state index >= 15 is 0 Å². The van der Waals surface area contributed by atoms with Crippen molar-refractivity contribution in [1.82, 2.24) is 14.9 Å². The SMILES string of the molecule is Cc1ncnc(C)c1CN(CCCN)C(N)=O. The molecular formula is C11H19N5O. The maximum Gasteiger partial charge on any atom is 0.315 e. The molecule has 1 aromatic rings. The Kier molecular flexibility index (Phi) is 4.84. The number of primary amides is 1. The van der Waals surface area contributed by atoms with Crippen molar-refractivity contribution in [2.45, 2.75) is 26.8 Å². The molecule has 6 nitrogen and oxygen atoms in total. The van der Waals surface area contributed by atoms with E-state index in [1.54, 1.807) is 4.90 Å². The van der Waals surface area contributed by atoms with E-state index in [1.807, 2.05) is 13.8 Å². The molecule has 94 valence electrons. The van der Waals surface area contributed by atoms with E-state index in [0.717, 1.165) is 23.4 Å². The van der Waals surface area contributed by atoms with Gasteiger partial charge in [-0.25, -0.2) is 14.8 Å². The van der Waals surface area contributed by atoms with Crippen molar-refractivity contribution >= 4 is 6.03 Å². The number of amides is 2. The van der Waals surface area contributed by atoms with Crippen LogP contribution in [0.4, 0.5) is 4.79 Å². The van der Waals surface area contributed by atoms with Crippen LogP contribution in [-0.4, -0.2) is 34.0 Å². The van der Waals surface area contributed by atoms with Crippen molar-refractivity contribution in [2.24, 2.45) is 11.5 Å². The highest BCUT2D eigenvalue weighted by Gasteiger charge is 2.13. The summed E-state index contributed by atoms with van der Waals surface area (Å²) in [4.78, 5) is 21.1. The Bertz CT molecular complexity index is 373. The van der Waals surface area contributed by atoms with E-state index in [-0.39, 0.29) is 0 Å². The van der Waals surface area contributed by atoms with Gasteiger partial charge >= 0.3 is 6.03 Å². The van der Waals surface area contributed by atoms with Gasteiger partial charge in [0.25, 0.3) is 0 Å². The van der Waals surface area contributed by atoms with Crippen molar-refractivity contribution in [1.29, 1.82) is 0 Å². The zero-order chi connectivity index (χ0) is 12.8. The number of hydrogen-bond acceptors (Lipinski definition) is 4. The lowest BCUT2D eigenvalue weighted by Crippen LogP contribution is -2.37. The maximum absolute atomic E-state index is 11.3. The zero-order valence-corrected chi connectivity index (χ0v) is 10.3. The lowest BCUT2D eigenvalue weighted by molar-refractivity contribution is 0.204. The summed E-state index contributed by atoms with van der Waals surface area (Å²) in [7, 11) is 0. The molecule has 1 rings (SSSR count). The Balaban J connectivity index is 2.82. The van der Waals surface area contributed by atoms with Gasteiger partial charge in [0.15, 0.2) is 0 Å². The number of aromatic nitrogens is 2. The second kappa shape index (κ2) is 6.15. The van der Waals surface area contributed by atoms with E-state index in [9.17, 15) is 4.79 Å². The first-order valence-corrected chi connectivity index (χ1v) is 5.57. The van der Waals surface area contributed by atoms with Gasteiger partial charge in [0.1, 0.15) is 6.33 Å². The second-order valence-electron chi connectivity index (χ2n) is 3.93. The molecule has 0 spiro atoms. The number of nitrogens with two attached hydrogens (primary N) is 2. The quantitative estimate of drug-likeness (QED) is 0.770. The van der Waals surface area contributed by atoms with Crippen LogP contribution >= 0.6 is 0 Å². The highest BCUT2D eigenvalue weighted by atomic mass is 16.2. The molecule has 1 heterocycles. The van der Waals surface area contributed by atoms with E-state index in [1.165, 1.54) is 6.33 Å². The van der Waals surface area contributed by atoms with Gasteiger partial charge in [-0.3, -0.25) is 0 Å². The monoisotopic (exact) mass is 237 g/mol. The number of rotatable bonds is 5. The lowest BCUT2D eigenvalue weighted by Gasteiger charge is -2.21. The molecule has 0 radical (unpaired) electrons. The minimum atomic E-state index is -0.443. The molecule has 4 N–H and O–H groups in total. The smallest absolute Gasteiger partial charge is 0.315 e. The van der Waals surface area contributed by atoms with Gasteiger partial charge in [0.05, 0.1) is 6.54 Å². The van der Waals surface area contributed by atoms with Crippen LogP contribution in [0.25, 0.3) is 0 Å². The highest BCUT2D eigenvalue weighted by molar-refractivity contribution is 5.72. The third kappa shape index (κ3) is 3.67. The van der Waals surface area contributed by atoms with Crippen molar-refractivity contribution in [3.63, 3.8) is 0 Å². The fourth-order valence-corrected chi connectivity index (χ4v) is 1.59. The first-order chi connectivity index (χ1) is 8.06. The van der Waals surface area contributed by atoms with Crippen LogP contribution in [0.15, 0.2) is 6.33 Å². The molecule has 0 saturated heterocycles. The summed E-state index contributed by atoms with van der Waals surface area (Å²) in [6.07, 6.45) is 2.25. The maximum atomic E-state index is 11.3. The summed E-state index contributed by atoms with van der Waals surface area (Å²) in [5, 5.41) is 0. The Morgan fingerprint density at radius 3 is 2.41 bits per heavy atom. The first kappa shape index (κ1) is 13.4. The van der Waals surface area contributed by atoms with Crippen LogP contribution in [0, 0.1) is 13.8 Å². The molecule has 0 fully saturated rings. The summed E-state index contributed by atoms with van der Waals surface area (Å²) >= 11 is 0. The van der Waals surface area contributed by atoms with Crippen molar-refractivity contribution in [3.05, 3.63) is 23.3 Å². The summed E-state index contributed by atoms with van der Waals surface area (Å²) in [5.74, 6) is 0. The van der Waals surface area contributed by atoms with Gasteiger partial charge < -0.3 is 16.4 Å². The van der Waals surface area contributed by atoms with Gasteiger partial charge in [-0.15, -0.1) is 0 Å². The fourth-order valence-electron chi connectivity index (χ4n) is 1.59. The average molecular weight is 237 g/mol. The molecule has 0 aromatic carbocycles. The topological polar surface area (TPSA) is 98.1 Å². The van der Waals surface area contributed by atoms with Crippen molar-refractivity contribution < 1.29 is 4.79 Å². The van der Waals surface area contributed by atoms with Crippen LogP contribution in [0.3, 0.4) is 0 Å². The van der Waals surface area contributed by atoms with Crippen LogP contribution in [-0.2, 0) is 6.54 Å². The number of urea groups is 1. The fraction of sp³-hybridized carbons (Fsp3) is 0.545. The number of carbonyl (C=O) groups excluding carboxylic acids is 1. The third-order valence-electron chi connectivity index (χ3n) is 2.67. The van der Waals surface area contributed by atoms with Crippen LogP contribution in [0.1, 0.15) is 23.4 Å². The third-order valence-corrected chi connectivity index (χ3v) is 2.67. The van der Waals surface area contributed by atoms with Crippen LogP contribution in [0.5, 0.6) is 0 Å². The van der Waals surface area contributed by atoms with Gasteiger partial charge in [-0.1, -0.05) is 0 Å². The summed E-state index contributed by atoms with van der Waals surface area (Å²) < 4.78 is 0. The van der Waals surface area contributed by atoms with Gasteiger partial charge in [0.2, 0.25) is 0 Å². The molecular weight excluding hydrogens is 218 g/mol. The van der Waals surface area contributed by atoms with Crippen molar-refractivity contribution in [2.75, 3.05) is 13.1 Å². The van der Waals surface area contributed by atoms with E-state index in [4.69, 9.17) is 11.5 Å². The molecule has 1 aromatic heterocycles. The molecule has 0 aliphatic rings. The molecule has 0 aliphatic carbocycles. The Labute approximate surface area is 101 Å². The predicted octanol–water partition coefficient (Wildman–Crippen LogP) is 0.323. The largest absolute Gasteiger partial charge is 0.351 e. The Hall–Kier alpha value is -1.69. The molecule has 2 amide bonds. The van der Waals surface area contributed by atoms with E-state index in [2.05, 4.69) is 9.97 Å². The Morgan fingerprint density at radius 2 is 1.94 bits per heavy atom. The molecule has 6 heteroatoms. The summed E-state index contributed by atoms with van der Waals surface area (Å²) in [6.45, 7) is 5.32. The number of carbonyl (C=O) groups is 1. The minimum Gasteiger partial charge on any atom is -0.351 e. The standard InChI is InChI=1S/C11H19N5O/c1-8-10(9(2)15-7-14-8)6-16(11(13)17)5-3-4-12/h7H,3-6,12H2,1-2H3,(H2,13,17). The van der Waals surface area contributed by atoms with Crippen molar-refractivity contribution in [3.8, 4) is 0 Å². The molecule has 0 unspecified atom stereocenters. The zero-order valence-electron chi connectivity index (χ0n) is 10.3. The molecule has 0 saturated carbocycles. The van der Waals surface area contributed by atoms with Gasteiger partial charge in [-0.05, 0) is 26.8 Å². The number of nitrogens with zero attached hydrogens (tertiary/aromatic N) is 3. The Morgan fingerprint density at radius 1 is 1.35 bits per heavy atom. The van der Waals surface area contributed by atoms with E-state index < -0.39 is 6.03 Å². The minimum absolute atomic E-state index is 0.438. The number of hydrogen-bond donors (Lipinski definition) is 2. The molecule has 0 aliphatic heterocycles. The first-order valence-electron chi connectivity index (χ1n) is 5.57. The van der Waals surface area contributed by atoms with Crippen LogP contribution in [0.2, 0.25) is 0 Å². The summed E-state index contributed by atoms with van der Waals surface area (Å²) in [5.41, 5.74) is 13.4. The lowest BCUT2D eigenvalue weighted by atomic mass is 10.1. The molecule has 0 bridgehead atoms. The average Bonchev–Trinajstić information content (AvgIpc) is 2.27. The molecule has 0 atom stereocenters. The van der Waals surface area contributed by atoms with Gasteiger partial charge in [-0.2, -0.15) is 0 Å². The van der Waals surface area contributed by atoms with Crippen LogP contribution < -0.4 is 11.5 Å². The molecule has 17 heavy (non-hydrogen) atoms. The second-order valence-corrected chi connectivity index (χ2v) is 3.93. The predicted molar refractivity (Wildman–Crippen MR) is 65.2 cm³/mol. The number of aryl methyl sites for hydroxylation is 2. The normalized spacial score (nSPS) is 10.3. The highest BCUT2D eigenvalue weighted by Crippen LogP contribution is 2.11. The van der Waals surface area contributed by atoms with E-state index in [0.29, 0.717) is 19.6 Å².